The average Bonchev–Trinajstić information content (AvgIpc) is 1.97. The summed E-state index contributed by atoms with van der Waals surface area (Å²) < 4.78 is 14.5. The number of amides is 1. The van der Waals surface area contributed by atoms with Crippen LogP contribution in [-0.2, 0) is 14.0 Å². The van der Waals surface area contributed by atoms with Crippen molar-refractivity contribution in [1.82, 2.24) is 5.06 Å². The molecule has 0 aliphatic carbocycles. The molecule has 0 spiro atoms. The Morgan fingerprint density at radius 1 is 1.62 bits per heavy atom. The molecule has 0 fully saturated rings. The van der Waals surface area contributed by atoms with Crippen LogP contribution in [0.2, 0.25) is 0 Å². The second-order valence-corrected chi connectivity index (χ2v) is 3.50. The molecular formula is C6H12NO5P. The average molecular weight is 209 g/mol. The topological polar surface area (TPSA) is 87.1 Å². The molecule has 0 bridgehead atoms. The Labute approximate surface area is 76.0 Å². The Kier molecular flexibility index (Phi) is 4.29. The highest BCUT2D eigenvalue weighted by molar-refractivity contribution is 7.46. The summed E-state index contributed by atoms with van der Waals surface area (Å²) in [6, 6.07) is 0. The first-order valence-electron chi connectivity index (χ1n) is 3.50. The minimum Gasteiger partial charge on any atom is -0.301 e. The van der Waals surface area contributed by atoms with E-state index in [9.17, 15) is 9.36 Å². The molecule has 0 atom stereocenters. The molecule has 1 amide bonds. The Hall–Kier alpha value is -0.680. The number of carbonyl (C=O) groups excluding carboxylic acids is 1. The van der Waals surface area contributed by atoms with Gasteiger partial charge in [-0.2, -0.15) is 4.62 Å². The highest BCUT2D eigenvalue weighted by Gasteiger charge is 2.23. The van der Waals surface area contributed by atoms with Crippen molar-refractivity contribution in [3.8, 4) is 0 Å². The molecule has 2 N–H and O–H groups in total. The zero-order valence-corrected chi connectivity index (χ0v) is 8.32. The molecule has 0 rings (SSSR count). The van der Waals surface area contributed by atoms with Gasteiger partial charge in [0.25, 0.3) is 5.91 Å². The fourth-order valence-electron chi connectivity index (χ4n) is 0.580. The van der Waals surface area contributed by atoms with Crippen LogP contribution < -0.4 is 0 Å². The number of phosphoric acid groups is 1. The lowest BCUT2D eigenvalue weighted by Crippen LogP contribution is -2.30. The molecule has 0 aliphatic heterocycles. The molecule has 0 aromatic rings. The number of hydroxylamine groups is 2. The minimum atomic E-state index is -4.67. The quantitative estimate of drug-likeness (QED) is 0.398. The van der Waals surface area contributed by atoms with E-state index in [1.807, 2.05) is 0 Å². The maximum Gasteiger partial charge on any atom is 0.491 e. The van der Waals surface area contributed by atoms with E-state index >= 15 is 0 Å². The van der Waals surface area contributed by atoms with Crippen molar-refractivity contribution in [2.45, 2.75) is 13.8 Å². The van der Waals surface area contributed by atoms with E-state index in [4.69, 9.17) is 9.79 Å². The third-order valence-corrected chi connectivity index (χ3v) is 1.49. The van der Waals surface area contributed by atoms with E-state index < -0.39 is 13.7 Å². The number of likely N-dealkylation sites (N-methyl/N-ethyl adjacent to an activating group) is 1. The Morgan fingerprint density at radius 2 is 2.08 bits per heavy atom. The largest absolute Gasteiger partial charge is 0.491 e. The highest BCUT2D eigenvalue weighted by atomic mass is 31.2. The van der Waals surface area contributed by atoms with Gasteiger partial charge >= 0.3 is 7.82 Å². The van der Waals surface area contributed by atoms with Crippen LogP contribution in [-0.4, -0.2) is 27.3 Å². The third-order valence-electron chi connectivity index (χ3n) is 1.08. The summed E-state index contributed by atoms with van der Waals surface area (Å²) in [7, 11) is -4.67. The number of carbonyl (C=O) groups is 1. The van der Waals surface area contributed by atoms with Crippen LogP contribution in [0.25, 0.3) is 0 Å². The summed E-state index contributed by atoms with van der Waals surface area (Å²) >= 11 is 0. The molecule has 0 aromatic heterocycles. The minimum absolute atomic E-state index is 0.0385. The summed E-state index contributed by atoms with van der Waals surface area (Å²) in [5.41, 5.74) is 0.148. The van der Waals surface area contributed by atoms with Crippen molar-refractivity contribution in [3.05, 3.63) is 12.2 Å². The van der Waals surface area contributed by atoms with Crippen LogP contribution in [0.4, 0.5) is 0 Å². The molecule has 0 heterocycles. The smallest absolute Gasteiger partial charge is 0.301 e. The third kappa shape index (κ3) is 4.80. The molecule has 0 radical (unpaired) electrons. The second kappa shape index (κ2) is 4.53. The van der Waals surface area contributed by atoms with Gasteiger partial charge in [-0.25, -0.2) is 9.63 Å². The van der Waals surface area contributed by atoms with Crippen molar-refractivity contribution in [1.29, 1.82) is 0 Å². The number of rotatable bonds is 4. The van der Waals surface area contributed by atoms with Crippen LogP contribution in [0, 0.1) is 0 Å². The number of nitrogens with zero attached hydrogens (tertiary/aromatic N) is 1. The molecule has 0 saturated carbocycles. The molecule has 0 aliphatic rings. The molecule has 7 heteroatoms. The SMILES string of the molecule is C=C(C)C(=O)N(CC)OP(=O)(O)O. The normalized spacial score (nSPS) is 11.1. The van der Waals surface area contributed by atoms with E-state index in [1.54, 1.807) is 0 Å². The number of hydrogen-bond acceptors (Lipinski definition) is 3. The zero-order valence-electron chi connectivity index (χ0n) is 7.43. The van der Waals surface area contributed by atoms with Gasteiger partial charge in [0.15, 0.2) is 0 Å². The van der Waals surface area contributed by atoms with Gasteiger partial charge < -0.3 is 9.79 Å². The second-order valence-electron chi connectivity index (χ2n) is 2.35. The lowest BCUT2D eigenvalue weighted by molar-refractivity contribution is -0.155. The predicted molar refractivity (Wildman–Crippen MR) is 45.3 cm³/mol. The van der Waals surface area contributed by atoms with E-state index in [1.165, 1.54) is 13.8 Å². The summed E-state index contributed by atoms with van der Waals surface area (Å²) in [6.45, 7) is 6.32. The maximum absolute atomic E-state index is 11.1. The monoisotopic (exact) mass is 209 g/mol. The molecule has 6 nitrogen and oxygen atoms in total. The predicted octanol–water partition coefficient (Wildman–Crippen LogP) is 0.435. The van der Waals surface area contributed by atoms with Gasteiger partial charge in [0.1, 0.15) is 0 Å². The Balaban J connectivity index is 4.45. The van der Waals surface area contributed by atoms with Gasteiger partial charge in [-0.1, -0.05) is 6.58 Å². The lowest BCUT2D eigenvalue weighted by Gasteiger charge is -2.19. The summed E-state index contributed by atoms with van der Waals surface area (Å²) in [6.07, 6.45) is 0. The molecule has 0 unspecified atom stereocenters. The first-order chi connectivity index (χ1) is 5.78. The lowest BCUT2D eigenvalue weighted by atomic mass is 10.3. The van der Waals surface area contributed by atoms with Crippen LogP contribution in [0.15, 0.2) is 12.2 Å². The summed E-state index contributed by atoms with van der Waals surface area (Å²) in [4.78, 5) is 27.9. The summed E-state index contributed by atoms with van der Waals surface area (Å²) in [5, 5.41) is 0.573. The molecular weight excluding hydrogens is 197 g/mol. The maximum atomic E-state index is 11.1. The standard InChI is InChI=1S/C6H12NO5P/c1-4-7(6(8)5(2)3)12-13(9,10)11/h2,4H2,1,3H3,(H2,9,10,11). The first kappa shape index (κ1) is 12.3. The fraction of sp³-hybridized carbons (Fsp3) is 0.500. The van der Waals surface area contributed by atoms with Gasteiger partial charge in [0.05, 0.1) is 0 Å². The molecule has 0 saturated heterocycles. The van der Waals surface area contributed by atoms with Gasteiger partial charge in [-0.15, -0.1) is 0 Å². The van der Waals surface area contributed by atoms with Crippen molar-refractivity contribution in [2.24, 2.45) is 0 Å². The molecule has 0 aromatic carbocycles. The van der Waals surface area contributed by atoms with Crippen molar-refractivity contribution in [3.63, 3.8) is 0 Å². The Morgan fingerprint density at radius 3 is 2.31 bits per heavy atom. The van der Waals surface area contributed by atoms with Crippen LogP contribution >= 0.6 is 7.82 Å². The molecule has 76 valence electrons. The highest BCUT2D eigenvalue weighted by Crippen LogP contribution is 2.37. The van der Waals surface area contributed by atoms with Gasteiger partial charge in [0.2, 0.25) is 0 Å². The fourth-order valence-corrected chi connectivity index (χ4v) is 1.03. The van der Waals surface area contributed by atoms with E-state index in [-0.39, 0.29) is 12.1 Å². The van der Waals surface area contributed by atoms with Crippen molar-refractivity contribution < 1.29 is 23.8 Å². The first-order valence-corrected chi connectivity index (χ1v) is 5.03. The van der Waals surface area contributed by atoms with Crippen LogP contribution in [0.3, 0.4) is 0 Å². The number of hydrogen-bond donors (Lipinski definition) is 2. The van der Waals surface area contributed by atoms with Gasteiger partial charge in [0, 0.05) is 12.1 Å². The van der Waals surface area contributed by atoms with Crippen LogP contribution in [0.1, 0.15) is 13.8 Å². The van der Waals surface area contributed by atoms with Crippen molar-refractivity contribution >= 4 is 13.7 Å². The Bertz CT molecular complexity index is 258. The van der Waals surface area contributed by atoms with Crippen molar-refractivity contribution in [2.75, 3.05) is 6.54 Å². The van der Waals surface area contributed by atoms with E-state index in [0.717, 1.165) is 0 Å². The summed E-state index contributed by atoms with van der Waals surface area (Å²) in [5.74, 6) is -0.647. The molecule has 13 heavy (non-hydrogen) atoms. The van der Waals surface area contributed by atoms with Crippen LogP contribution in [0.5, 0.6) is 0 Å². The van der Waals surface area contributed by atoms with Gasteiger partial charge in [-0.05, 0) is 13.8 Å². The van der Waals surface area contributed by atoms with E-state index in [0.29, 0.717) is 5.06 Å². The van der Waals surface area contributed by atoms with Gasteiger partial charge in [-0.3, -0.25) is 4.79 Å². The van der Waals surface area contributed by atoms with E-state index in [2.05, 4.69) is 11.2 Å². The zero-order chi connectivity index (χ0) is 10.6.